The van der Waals surface area contributed by atoms with E-state index in [-0.39, 0.29) is 16.6 Å². The molecule has 4 N–H and O–H groups in total. The summed E-state index contributed by atoms with van der Waals surface area (Å²) in [7, 11) is 0. The van der Waals surface area contributed by atoms with Gasteiger partial charge in [0, 0.05) is 0 Å². The molecule has 0 amide bonds. The van der Waals surface area contributed by atoms with E-state index in [1.165, 1.54) is 49.7 Å². The van der Waals surface area contributed by atoms with Crippen molar-refractivity contribution in [3.8, 4) is 0 Å². The number of hydrazone groups is 1. The number of aliphatic hydroxyl groups excluding tert-OH is 1. The van der Waals surface area contributed by atoms with Gasteiger partial charge < -0.3 is 10.8 Å². The monoisotopic (exact) mass is 403 g/mol. The van der Waals surface area contributed by atoms with Crippen LogP contribution in [-0.4, -0.2) is 22.0 Å². The van der Waals surface area contributed by atoms with E-state index in [2.05, 4.69) is 38.2 Å². The number of rotatable bonds is 2. The SMILES string of the molecule is CC(=NNC(N)=S)C1=C(C)CC2C3CCC4CC(O)CCC4(C)C3CCC12C. The third-order valence-corrected chi connectivity index (χ3v) is 9.34. The maximum atomic E-state index is 10.2. The maximum Gasteiger partial charge on any atom is 0.184 e. The van der Waals surface area contributed by atoms with Gasteiger partial charge in [-0.05, 0) is 118 Å². The number of hydrogen-bond acceptors (Lipinski definition) is 3. The van der Waals surface area contributed by atoms with E-state index in [1.54, 1.807) is 0 Å². The van der Waals surface area contributed by atoms with Crippen molar-refractivity contribution in [3.63, 3.8) is 0 Å². The van der Waals surface area contributed by atoms with E-state index in [4.69, 9.17) is 18.0 Å². The Hall–Kier alpha value is -0.940. The molecular weight excluding hydrogens is 366 g/mol. The molecule has 3 saturated carbocycles. The van der Waals surface area contributed by atoms with E-state index in [0.717, 1.165) is 42.2 Å². The highest BCUT2D eigenvalue weighted by molar-refractivity contribution is 7.80. The predicted molar refractivity (Wildman–Crippen MR) is 119 cm³/mol. The van der Waals surface area contributed by atoms with E-state index >= 15 is 0 Å². The lowest BCUT2D eigenvalue weighted by Gasteiger charge is -2.60. The fraction of sp³-hybridized carbons (Fsp3) is 0.826. The number of thiocarbonyl (C=S) groups is 1. The van der Waals surface area contributed by atoms with Crippen LogP contribution in [0.3, 0.4) is 0 Å². The number of nitrogens with one attached hydrogen (secondary N) is 1. The molecule has 156 valence electrons. The second-order valence-corrected chi connectivity index (χ2v) is 11.0. The highest BCUT2D eigenvalue weighted by atomic mass is 32.1. The molecular formula is C23H37N3OS. The van der Waals surface area contributed by atoms with Crippen molar-refractivity contribution >= 4 is 23.0 Å². The molecule has 0 aliphatic heterocycles. The van der Waals surface area contributed by atoms with Gasteiger partial charge in [-0.3, -0.25) is 5.43 Å². The molecule has 0 aromatic rings. The van der Waals surface area contributed by atoms with Crippen molar-refractivity contribution in [2.75, 3.05) is 0 Å². The Morgan fingerprint density at radius 2 is 1.93 bits per heavy atom. The van der Waals surface area contributed by atoms with Gasteiger partial charge in [0.1, 0.15) is 0 Å². The Morgan fingerprint density at radius 3 is 2.64 bits per heavy atom. The molecule has 4 nitrogen and oxygen atoms in total. The van der Waals surface area contributed by atoms with Gasteiger partial charge in [0.2, 0.25) is 0 Å². The van der Waals surface area contributed by atoms with Crippen LogP contribution in [0.25, 0.3) is 0 Å². The van der Waals surface area contributed by atoms with Crippen molar-refractivity contribution in [2.45, 2.75) is 85.2 Å². The molecule has 0 saturated heterocycles. The molecule has 5 heteroatoms. The van der Waals surface area contributed by atoms with Crippen LogP contribution < -0.4 is 11.2 Å². The lowest BCUT2D eigenvalue weighted by molar-refractivity contribution is -0.117. The van der Waals surface area contributed by atoms with Crippen LogP contribution in [0.15, 0.2) is 16.2 Å². The van der Waals surface area contributed by atoms with Crippen molar-refractivity contribution in [1.82, 2.24) is 5.43 Å². The molecule has 3 fully saturated rings. The van der Waals surface area contributed by atoms with Gasteiger partial charge in [0.25, 0.3) is 0 Å². The van der Waals surface area contributed by atoms with Crippen molar-refractivity contribution < 1.29 is 5.11 Å². The maximum absolute atomic E-state index is 10.2. The molecule has 0 heterocycles. The zero-order chi connectivity index (χ0) is 20.3. The van der Waals surface area contributed by atoms with Crippen LogP contribution in [0.2, 0.25) is 0 Å². The number of nitrogens with two attached hydrogens (primary N) is 1. The lowest BCUT2D eigenvalue weighted by Crippen LogP contribution is -2.53. The lowest BCUT2D eigenvalue weighted by atomic mass is 9.44. The summed E-state index contributed by atoms with van der Waals surface area (Å²) in [6, 6.07) is 0. The summed E-state index contributed by atoms with van der Waals surface area (Å²) < 4.78 is 0. The van der Waals surface area contributed by atoms with Crippen LogP contribution in [0.1, 0.15) is 79.1 Å². The normalized spacial score (nSPS) is 45.9. The molecule has 4 aliphatic rings. The zero-order valence-electron chi connectivity index (χ0n) is 17.9. The van der Waals surface area contributed by atoms with Crippen molar-refractivity contribution in [2.24, 2.45) is 45.3 Å². The van der Waals surface area contributed by atoms with E-state index in [1.807, 2.05) is 0 Å². The first-order chi connectivity index (χ1) is 13.2. The van der Waals surface area contributed by atoms with Gasteiger partial charge in [-0.15, -0.1) is 0 Å². The van der Waals surface area contributed by atoms with Gasteiger partial charge in [-0.25, -0.2) is 0 Å². The predicted octanol–water partition coefficient (Wildman–Crippen LogP) is 4.53. The van der Waals surface area contributed by atoms with Crippen LogP contribution in [-0.2, 0) is 0 Å². The molecule has 0 bridgehead atoms. The number of aliphatic hydroxyl groups is 1. The van der Waals surface area contributed by atoms with Crippen molar-refractivity contribution in [3.05, 3.63) is 11.1 Å². The first-order valence-electron chi connectivity index (χ1n) is 11.1. The summed E-state index contributed by atoms with van der Waals surface area (Å²) in [5, 5.41) is 15.0. The number of hydrogen-bond donors (Lipinski definition) is 3. The quantitative estimate of drug-likeness (QED) is 0.360. The summed E-state index contributed by atoms with van der Waals surface area (Å²) in [5.74, 6) is 3.06. The molecule has 0 spiro atoms. The molecule has 0 aromatic carbocycles. The van der Waals surface area contributed by atoms with Crippen molar-refractivity contribution in [1.29, 1.82) is 0 Å². The molecule has 7 unspecified atom stereocenters. The highest BCUT2D eigenvalue weighted by Gasteiger charge is 2.59. The Labute approximate surface area is 175 Å². The average Bonchev–Trinajstić information content (AvgIpc) is 2.90. The summed E-state index contributed by atoms with van der Waals surface area (Å²) in [6.07, 6.45) is 9.57. The van der Waals surface area contributed by atoms with Gasteiger partial charge >= 0.3 is 0 Å². The Balaban J connectivity index is 1.61. The topological polar surface area (TPSA) is 70.6 Å². The first-order valence-corrected chi connectivity index (χ1v) is 11.6. The smallest absolute Gasteiger partial charge is 0.184 e. The van der Waals surface area contributed by atoms with Gasteiger partial charge in [-0.2, -0.15) is 5.10 Å². The summed E-state index contributed by atoms with van der Waals surface area (Å²) in [4.78, 5) is 0. The first kappa shape index (κ1) is 20.3. The molecule has 0 aromatic heterocycles. The Kier molecular flexibility index (Phi) is 5.15. The largest absolute Gasteiger partial charge is 0.393 e. The molecule has 0 radical (unpaired) electrons. The minimum atomic E-state index is -0.0644. The summed E-state index contributed by atoms with van der Waals surface area (Å²) >= 11 is 4.94. The summed E-state index contributed by atoms with van der Waals surface area (Å²) in [6.45, 7) is 9.44. The third-order valence-electron chi connectivity index (χ3n) is 9.25. The van der Waals surface area contributed by atoms with Crippen LogP contribution in [0, 0.1) is 34.5 Å². The highest BCUT2D eigenvalue weighted by Crippen LogP contribution is 2.67. The molecule has 28 heavy (non-hydrogen) atoms. The van der Waals surface area contributed by atoms with E-state index in [0.29, 0.717) is 5.41 Å². The number of nitrogens with zero attached hydrogens (tertiary/aromatic N) is 1. The fourth-order valence-corrected chi connectivity index (χ4v) is 8.12. The molecule has 4 aliphatic carbocycles. The van der Waals surface area contributed by atoms with E-state index < -0.39 is 0 Å². The minimum Gasteiger partial charge on any atom is -0.393 e. The van der Waals surface area contributed by atoms with Gasteiger partial charge in [0.05, 0.1) is 11.8 Å². The minimum absolute atomic E-state index is 0.0644. The molecule has 4 rings (SSSR count). The number of allylic oxidation sites excluding steroid dienone is 2. The average molecular weight is 404 g/mol. The van der Waals surface area contributed by atoms with Gasteiger partial charge in [-0.1, -0.05) is 19.4 Å². The zero-order valence-corrected chi connectivity index (χ0v) is 18.7. The van der Waals surface area contributed by atoms with Gasteiger partial charge in [0.15, 0.2) is 5.11 Å². The van der Waals surface area contributed by atoms with Crippen LogP contribution >= 0.6 is 12.2 Å². The molecule has 7 atom stereocenters. The summed E-state index contributed by atoms with van der Waals surface area (Å²) in [5.41, 5.74) is 13.0. The number of fused-ring (bicyclic) bond motifs is 5. The Bertz CT molecular complexity index is 731. The fourth-order valence-electron chi connectivity index (χ4n) is 8.08. The van der Waals surface area contributed by atoms with Crippen LogP contribution in [0.4, 0.5) is 0 Å². The third kappa shape index (κ3) is 3.04. The van der Waals surface area contributed by atoms with E-state index in [9.17, 15) is 5.11 Å². The standard InChI is InChI=1S/C23H37N3OS/c1-13-11-19-17-6-5-15-12-16(27)7-9-22(15,3)18(17)8-10-23(19,4)20(13)14(2)25-26-21(24)28/h15-19,27H,5-12H2,1-4H3,(H3,24,26,28). The second kappa shape index (κ2) is 7.09. The second-order valence-electron chi connectivity index (χ2n) is 10.6. The van der Waals surface area contributed by atoms with Crippen LogP contribution in [0.5, 0.6) is 0 Å². The Morgan fingerprint density at radius 1 is 1.18 bits per heavy atom.